The van der Waals surface area contributed by atoms with E-state index in [1.165, 1.54) is 6.07 Å². The van der Waals surface area contributed by atoms with Crippen molar-refractivity contribution in [2.75, 3.05) is 11.9 Å². The molecule has 0 saturated heterocycles. The highest BCUT2D eigenvalue weighted by Gasteiger charge is 2.41. The maximum Gasteiger partial charge on any atom is 0.296 e. The van der Waals surface area contributed by atoms with Gasteiger partial charge in [-0.1, -0.05) is 42.0 Å². The lowest BCUT2D eigenvalue weighted by molar-refractivity contribution is -0.384. The zero-order chi connectivity index (χ0) is 18.3. The Kier molecular flexibility index (Phi) is 4.32. The lowest BCUT2D eigenvalue weighted by Crippen LogP contribution is -2.29. The van der Waals surface area contributed by atoms with Crippen LogP contribution < -0.4 is 10.1 Å². The number of rotatable bonds is 4. The summed E-state index contributed by atoms with van der Waals surface area (Å²) in [6.45, 7) is 2.34. The highest BCUT2D eigenvalue weighted by Crippen LogP contribution is 2.53. The van der Waals surface area contributed by atoms with Crippen LogP contribution in [0.25, 0.3) is 0 Å². The van der Waals surface area contributed by atoms with E-state index in [-0.39, 0.29) is 28.5 Å². The molecule has 6 heteroatoms. The molecular formula is C20H19ClN2O3. The van der Waals surface area contributed by atoms with Crippen LogP contribution in [0.2, 0.25) is 5.02 Å². The normalized spacial score (nSPS) is 23.1. The minimum absolute atomic E-state index is 0.0433. The molecule has 2 aliphatic rings. The number of halogens is 1. The molecule has 1 aliphatic heterocycles. The Morgan fingerprint density at radius 2 is 2.12 bits per heavy atom. The van der Waals surface area contributed by atoms with Gasteiger partial charge in [-0.25, -0.2) is 0 Å². The van der Waals surface area contributed by atoms with Gasteiger partial charge in [0, 0.05) is 10.9 Å². The number of hydrogen-bond acceptors (Lipinski definition) is 4. The number of nitro groups is 1. The van der Waals surface area contributed by atoms with E-state index in [0.717, 1.165) is 17.5 Å². The first-order chi connectivity index (χ1) is 12.6. The molecule has 2 aromatic rings. The molecule has 0 amide bonds. The fourth-order valence-electron chi connectivity index (χ4n) is 4.08. The summed E-state index contributed by atoms with van der Waals surface area (Å²) in [6.07, 6.45) is 5.20. The van der Waals surface area contributed by atoms with E-state index < -0.39 is 0 Å². The molecule has 0 aromatic heterocycles. The zero-order valence-corrected chi connectivity index (χ0v) is 15.1. The van der Waals surface area contributed by atoms with Gasteiger partial charge in [0.1, 0.15) is 11.4 Å². The molecule has 5 nitrogen and oxygen atoms in total. The molecule has 4 rings (SSSR count). The van der Waals surface area contributed by atoms with Gasteiger partial charge in [-0.15, -0.1) is 0 Å². The van der Waals surface area contributed by atoms with Gasteiger partial charge in [0.2, 0.25) is 0 Å². The van der Waals surface area contributed by atoms with Crippen LogP contribution in [0, 0.1) is 16.0 Å². The van der Waals surface area contributed by atoms with E-state index in [4.69, 9.17) is 16.3 Å². The van der Waals surface area contributed by atoms with Crippen molar-refractivity contribution in [2.24, 2.45) is 5.92 Å². The summed E-state index contributed by atoms with van der Waals surface area (Å²) in [6, 6.07) is 11.0. The van der Waals surface area contributed by atoms with Crippen LogP contribution in [0.15, 0.2) is 48.6 Å². The maximum absolute atomic E-state index is 11.7. The van der Waals surface area contributed by atoms with Gasteiger partial charge in [0.25, 0.3) is 5.69 Å². The van der Waals surface area contributed by atoms with Crippen molar-refractivity contribution in [1.82, 2.24) is 0 Å². The van der Waals surface area contributed by atoms with Crippen molar-refractivity contribution in [3.63, 3.8) is 0 Å². The topological polar surface area (TPSA) is 64.4 Å². The van der Waals surface area contributed by atoms with Gasteiger partial charge < -0.3 is 10.1 Å². The van der Waals surface area contributed by atoms with E-state index in [1.807, 2.05) is 37.3 Å². The third-order valence-electron chi connectivity index (χ3n) is 5.17. The summed E-state index contributed by atoms with van der Waals surface area (Å²) < 4.78 is 5.56. The SMILES string of the molecule is CCOc1cc2c(c([N+](=O)[O-])c1)N[C@@H](c1ccccc1Cl)[C@@H]1CC=C[C@H]21. The first-order valence-corrected chi connectivity index (χ1v) is 9.10. The fourth-order valence-corrected chi connectivity index (χ4v) is 4.34. The van der Waals surface area contributed by atoms with E-state index >= 15 is 0 Å². The van der Waals surface area contributed by atoms with Gasteiger partial charge in [0.15, 0.2) is 0 Å². The second-order valence-electron chi connectivity index (χ2n) is 6.59. The Morgan fingerprint density at radius 1 is 1.31 bits per heavy atom. The molecule has 3 atom stereocenters. The third kappa shape index (κ3) is 2.72. The molecule has 0 spiro atoms. The standard InChI is InChI=1S/C20H19ClN2O3/c1-2-26-12-10-16-13-7-5-8-14(13)19(15-6-3-4-9-17(15)21)22-20(16)18(11-12)23(24)25/h3-7,9-11,13-14,19,22H,2,8H2,1H3/t13-,14+,19+/m0/s1. The second-order valence-corrected chi connectivity index (χ2v) is 7.00. The molecule has 1 aliphatic carbocycles. The van der Waals surface area contributed by atoms with Crippen LogP contribution in [-0.4, -0.2) is 11.5 Å². The van der Waals surface area contributed by atoms with E-state index in [9.17, 15) is 10.1 Å². The minimum atomic E-state index is -0.350. The molecule has 0 bridgehead atoms. The summed E-state index contributed by atoms with van der Waals surface area (Å²) in [7, 11) is 0. The quantitative estimate of drug-likeness (QED) is 0.440. The maximum atomic E-state index is 11.7. The van der Waals surface area contributed by atoms with Crippen LogP contribution >= 0.6 is 11.6 Å². The average Bonchev–Trinajstić information content (AvgIpc) is 3.11. The molecule has 1 N–H and O–H groups in total. The molecule has 0 unspecified atom stereocenters. The van der Waals surface area contributed by atoms with Crippen molar-refractivity contribution in [3.05, 3.63) is 74.8 Å². The summed E-state index contributed by atoms with van der Waals surface area (Å²) in [5, 5.41) is 15.8. The lowest BCUT2D eigenvalue weighted by Gasteiger charge is -2.37. The molecule has 0 saturated carbocycles. The first-order valence-electron chi connectivity index (χ1n) is 8.73. The fraction of sp³-hybridized carbons (Fsp3) is 0.300. The Balaban J connectivity index is 1.87. The van der Waals surface area contributed by atoms with Gasteiger partial charge in [0.05, 0.1) is 23.6 Å². The first kappa shape index (κ1) is 16.9. The molecule has 0 radical (unpaired) electrons. The van der Waals surface area contributed by atoms with Crippen molar-refractivity contribution in [3.8, 4) is 5.75 Å². The van der Waals surface area contributed by atoms with Crippen molar-refractivity contribution < 1.29 is 9.66 Å². The van der Waals surface area contributed by atoms with Crippen molar-refractivity contribution in [1.29, 1.82) is 0 Å². The summed E-state index contributed by atoms with van der Waals surface area (Å²) in [5.74, 6) is 0.903. The Hall–Kier alpha value is -2.53. The highest BCUT2D eigenvalue weighted by molar-refractivity contribution is 6.31. The average molecular weight is 371 g/mol. The van der Waals surface area contributed by atoms with Crippen LogP contribution in [-0.2, 0) is 0 Å². The third-order valence-corrected chi connectivity index (χ3v) is 5.51. The van der Waals surface area contributed by atoms with Crippen LogP contribution in [0.4, 0.5) is 11.4 Å². The molecule has 0 fully saturated rings. The molecule has 2 aromatic carbocycles. The summed E-state index contributed by atoms with van der Waals surface area (Å²) >= 11 is 6.43. The number of benzene rings is 2. The van der Waals surface area contributed by atoms with Crippen LogP contribution in [0.3, 0.4) is 0 Å². The van der Waals surface area contributed by atoms with Gasteiger partial charge in [-0.2, -0.15) is 0 Å². The smallest absolute Gasteiger partial charge is 0.296 e. The van der Waals surface area contributed by atoms with Gasteiger partial charge in [-0.3, -0.25) is 10.1 Å². The zero-order valence-electron chi connectivity index (χ0n) is 14.3. The number of nitro benzene ring substituents is 1. The number of nitrogens with zero attached hydrogens (tertiary/aromatic N) is 1. The lowest BCUT2D eigenvalue weighted by atomic mass is 9.76. The Morgan fingerprint density at radius 3 is 2.85 bits per heavy atom. The van der Waals surface area contributed by atoms with Crippen molar-refractivity contribution >= 4 is 23.0 Å². The minimum Gasteiger partial charge on any atom is -0.494 e. The number of anilines is 1. The summed E-state index contributed by atoms with van der Waals surface area (Å²) in [5.41, 5.74) is 2.50. The van der Waals surface area contributed by atoms with Gasteiger partial charge >= 0.3 is 0 Å². The predicted octanol–water partition coefficient (Wildman–Crippen LogP) is 5.47. The van der Waals surface area contributed by atoms with E-state index in [0.29, 0.717) is 23.1 Å². The Bertz CT molecular complexity index is 897. The number of hydrogen-bond donors (Lipinski definition) is 1. The summed E-state index contributed by atoms with van der Waals surface area (Å²) in [4.78, 5) is 11.3. The monoisotopic (exact) mass is 370 g/mol. The predicted molar refractivity (Wildman–Crippen MR) is 102 cm³/mol. The number of fused-ring (bicyclic) bond motifs is 3. The molecular weight excluding hydrogens is 352 g/mol. The number of nitrogens with one attached hydrogen (secondary N) is 1. The Labute approximate surface area is 156 Å². The number of ether oxygens (including phenoxy) is 1. The molecule has 134 valence electrons. The van der Waals surface area contributed by atoms with Gasteiger partial charge in [-0.05, 0) is 42.5 Å². The van der Waals surface area contributed by atoms with Crippen molar-refractivity contribution in [2.45, 2.75) is 25.3 Å². The largest absolute Gasteiger partial charge is 0.494 e. The number of allylic oxidation sites excluding steroid dienone is 2. The molecule has 1 heterocycles. The highest BCUT2D eigenvalue weighted by atomic mass is 35.5. The van der Waals surface area contributed by atoms with E-state index in [1.54, 1.807) is 0 Å². The molecule has 26 heavy (non-hydrogen) atoms. The second kappa shape index (κ2) is 6.65. The van der Waals surface area contributed by atoms with E-state index in [2.05, 4.69) is 17.5 Å². The van der Waals surface area contributed by atoms with Crippen LogP contribution in [0.1, 0.15) is 36.4 Å². The van der Waals surface area contributed by atoms with Crippen LogP contribution in [0.5, 0.6) is 5.75 Å².